The monoisotopic (exact) mass is 259 g/mol. The number of rotatable bonds is 2. The van der Waals surface area contributed by atoms with E-state index in [-0.39, 0.29) is 0 Å². The van der Waals surface area contributed by atoms with Crippen LogP contribution in [0.5, 0.6) is 0 Å². The van der Waals surface area contributed by atoms with E-state index in [0.29, 0.717) is 10.6 Å². The van der Waals surface area contributed by atoms with Crippen LogP contribution < -0.4 is 0 Å². The number of nitriles is 1. The zero-order valence-corrected chi connectivity index (χ0v) is 10.8. The molecule has 3 heteroatoms. The van der Waals surface area contributed by atoms with Gasteiger partial charge in [-0.25, -0.2) is 0 Å². The van der Waals surface area contributed by atoms with Crippen molar-refractivity contribution in [2.45, 2.75) is 16.7 Å². The van der Waals surface area contributed by atoms with E-state index in [1.54, 1.807) is 17.8 Å². The molecule has 2 rings (SSSR count). The van der Waals surface area contributed by atoms with E-state index in [1.807, 2.05) is 18.2 Å². The molecule has 2 aromatic carbocycles. The van der Waals surface area contributed by atoms with Crippen molar-refractivity contribution in [1.82, 2.24) is 0 Å². The van der Waals surface area contributed by atoms with Crippen molar-refractivity contribution in [3.05, 3.63) is 58.6 Å². The molecule has 0 amide bonds. The Labute approximate surface area is 110 Å². The molecule has 0 N–H and O–H groups in total. The van der Waals surface area contributed by atoms with Crippen LogP contribution in [0.15, 0.2) is 52.3 Å². The molecule has 0 unspecified atom stereocenters. The SMILES string of the molecule is Cc1cccc(Sc2ccc(C#N)c(Cl)c2)c1. The Balaban J connectivity index is 2.25. The highest BCUT2D eigenvalue weighted by Crippen LogP contribution is 2.30. The van der Waals surface area contributed by atoms with Crippen LogP contribution in [0.2, 0.25) is 5.02 Å². The summed E-state index contributed by atoms with van der Waals surface area (Å²) in [6.07, 6.45) is 0. The topological polar surface area (TPSA) is 23.8 Å². The second kappa shape index (κ2) is 5.27. The molecule has 0 aromatic heterocycles. The van der Waals surface area contributed by atoms with E-state index in [1.165, 1.54) is 10.5 Å². The van der Waals surface area contributed by atoms with Crippen LogP contribution in [0.3, 0.4) is 0 Å². The fourth-order valence-corrected chi connectivity index (χ4v) is 2.73. The summed E-state index contributed by atoms with van der Waals surface area (Å²) in [5.41, 5.74) is 1.75. The van der Waals surface area contributed by atoms with Crippen molar-refractivity contribution in [2.75, 3.05) is 0 Å². The van der Waals surface area contributed by atoms with Crippen molar-refractivity contribution < 1.29 is 0 Å². The molecule has 0 spiro atoms. The molecule has 0 radical (unpaired) electrons. The molecular weight excluding hydrogens is 250 g/mol. The number of aryl methyl sites for hydroxylation is 1. The van der Waals surface area contributed by atoms with Crippen LogP contribution in [0.1, 0.15) is 11.1 Å². The molecule has 1 nitrogen and oxygen atoms in total. The average molecular weight is 260 g/mol. The minimum atomic E-state index is 0.505. The summed E-state index contributed by atoms with van der Waals surface area (Å²) in [7, 11) is 0. The van der Waals surface area contributed by atoms with Gasteiger partial charge < -0.3 is 0 Å². The number of hydrogen-bond donors (Lipinski definition) is 0. The normalized spacial score (nSPS) is 9.94. The van der Waals surface area contributed by atoms with Crippen molar-refractivity contribution in [3.63, 3.8) is 0 Å². The first-order chi connectivity index (χ1) is 8.19. The van der Waals surface area contributed by atoms with E-state index in [2.05, 4.69) is 31.2 Å². The lowest BCUT2D eigenvalue weighted by molar-refractivity contribution is 1.34. The molecule has 0 fully saturated rings. The first-order valence-corrected chi connectivity index (χ1v) is 6.32. The number of benzene rings is 2. The number of halogens is 1. The molecule has 84 valence electrons. The quantitative estimate of drug-likeness (QED) is 0.782. The zero-order chi connectivity index (χ0) is 12.3. The predicted octanol–water partition coefficient (Wildman–Crippen LogP) is 4.67. The van der Waals surface area contributed by atoms with Gasteiger partial charge in [-0.3, -0.25) is 0 Å². The molecule has 0 aliphatic heterocycles. The summed E-state index contributed by atoms with van der Waals surface area (Å²) >= 11 is 7.63. The van der Waals surface area contributed by atoms with Crippen LogP contribution in [0.4, 0.5) is 0 Å². The third-order valence-corrected chi connectivity index (χ3v) is 3.58. The molecule has 0 heterocycles. The summed E-state index contributed by atoms with van der Waals surface area (Å²) < 4.78 is 0. The molecule has 0 aliphatic carbocycles. The summed E-state index contributed by atoms with van der Waals surface area (Å²) in [6, 6.07) is 15.8. The lowest BCUT2D eigenvalue weighted by atomic mass is 10.2. The molecule has 0 aliphatic rings. The second-order valence-corrected chi connectivity index (χ2v) is 5.23. The largest absolute Gasteiger partial charge is 0.192 e. The summed E-state index contributed by atoms with van der Waals surface area (Å²) in [4.78, 5) is 2.21. The van der Waals surface area contributed by atoms with Crippen molar-refractivity contribution in [1.29, 1.82) is 5.26 Å². The molecule has 0 bridgehead atoms. The minimum absolute atomic E-state index is 0.505. The lowest BCUT2D eigenvalue weighted by Crippen LogP contribution is -1.79. The first-order valence-electron chi connectivity index (χ1n) is 5.13. The van der Waals surface area contributed by atoms with Gasteiger partial charge in [-0.05, 0) is 37.3 Å². The second-order valence-electron chi connectivity index (χ2n) is 3.67. The van der Waals surface area contributed by atoms with Gasteiger partial charge in [0.2, 0.25) is 0 Å². The van der Waals surface area contributed by atoms with Gasteiger partial charge in [-0.2, -0.15) is 5.26 Å². The third-order valence-electron chi connectivity index (χ3n) is 2.29. The Hall–Kier alpha value is -1.43. The van der Waals surface area contributed by atoms with Gasteiger partial charge in [0.1, 0.15) is 6.07 Å². The number of nitrogens with zero attached hydrogens (tertiary/aromatic N) is 1. The van der Waals surface area contributed by atoms with Gasteiger partial charge in [0.05, 0.1) is 10.6 Å². The molecule has 17 heavy (non-hydrogen) atoms. The van der Waals surface area contributed by atoms with Gasteiger partial charge >= 0.3 is 0 Å². The fourth-order valence-electron chi connectivity index (χ4n) is 1.46. The molecular formula is C14H10ClNS. The Bertz CT molecular complexity index is 587. The van der Waals surface area contributed by atoms with Gasteiger partial charge in [0.25, 0.3) is 0 Å². The maximum atomic E-state index is 8.79. The highest BCUT2D eigenvalue weighted by molar-refractivity contribution is 7.99. The lowest BCUT2D eigenvalue weighted by Gasteiger charge is -2.04. The van der Waals surface area contributed by atoms with Gasteiger partial charge in [-0.1, -0.05) is 41.1 Å². The van der Waals surface area contributed by atoms with E-state index in [0.717, 1.165) is 4.90 Å². The van der Waals surface area contributed by atoms with Gasteiger partial charge in [-0.15, -0.1) is 0 Å². The number of hydrogen-bond acceptors (Lipinski definition) is 2. The smallest absolute Gasteiger partial charge is 0.101 e. The van der Waals surface area contributed by atoms with Crippen LogP contribution in [0.25, 0.3) is 0 Å². The highest BCUT2D eigenvalue weighted by atomic mass is 35.5. The van der Waals surface area contributed by atoms with Crippen LogP contribution in [0, 0.1) is 18.3 Å². The summed E-state index contributed by atoms with van der Waals surface area (Å²) in [5.74, 6) is 0. The average Bonchev–Trinajstić information content (AvgIpc) is 2.29. The fraction of sp³-hybridized carbons (Fsp3) is 0.0714. The van der Waals surface area contributed by atoms with E-state index < -0.39 is 0 Å². The molecule has 0 saturated carbocycles. The van der Waals surface area contributed by atoms with Crippen LogP contribution >= 0.6 is 23.4 Å². The van der Waals surface area contributed by atoms with Gasteiger partial charge in [0.15, 0.2) is 0 Å². The first kappa shape index (κ1) is 12.0. The van der Waals surface area contributed by atoms with E-state index >= 15 is 0 Å². The van der Waals surface area contributed by atoms with E-state index in [9.17, 15) is 0 Å². The summed E-state index contributed by atoms with van der Waals surface area (Å²) in [6.45, 7) is 2.07. The van der Waals surface area contributed by atoms with Crippen LogP contribution in [-0.4, -0.2) is 0 Å². The Kier molecular flexibility index (Phi) is 3.73. The standard InChI is InChI=1S/C14H10ClNS/c1-10-3-2-4-12(7-10)17-13-6-5-11(9-16)14(15)8-13/h2-8H,1H3. The zero-order valence-electron chi connectivity index (χ0n) is 9.27. The molecule has 0 saturated heterocycles. The van der Waals surface area contributed by atoms with E-state index in [4.69, 9.17) is 16.9 Å². The van der Waals surface area contributed by atoms with Crippen molar-refractivity contribution >= 4 is 23.4 Å². The Morgan fingerprint density at radius 3 is 2.53 bits per heavy atom. The van der Waals surface area contributed by atoms with Gasteiger partial charge in [0, 0.05) is 9.79 Å². The molecule has 2 aromatic rings. The third kappa shape index (κ3) is 3.03. The Morgan fingerprint density at radius 1 is 1.12 bits per heavy atom. The predicted molar refractivity (Wildman–Crippen MR) is 71.5 cm³/mol. The van der Waals surface area contributed by atoms with Crippen molar-refractivity contribution in [2.24, 2.45) is 0 Å². The highest BCUT2D eigenvalue weighted by Gasteiger charge is 2.02. The van der Waals surface area contributed by atoms with Crippen LogP contribution in [-0.2, 0) is 0 Å². The Morgan fingerprint density at radius 2 is 1.88 bits per heavy atom. The molecule has 0 atom stereocenters. The maximum Gasteiger partial charge on any atom is 0.101 e. The minimum Gasteiger partial charge on any atom is -0.192 e. The summed E-state index contributed by atoms with van der Waals surface area (Å²) in [5, 5.41) is 9.30. The van der Waals surface area contributed by atoms with Crippen molar-refractivity contribution in [3.8, 4) is 6.07 Å². The maximum absolute atomic E-state index is 8.79.